The Labute approximate surface area is 109 Å². The van der Waals surface area contributed by atoms with E-state index in [1.165, 1.54) is 0 Å². The van der Waals surface area contributed by atoms with Gasteiger partial charge in [0.25, 0.3) is 0 Å². The number of methoxy groups -OCH3 is 1. The molecule has 2 aliphatic carbocycles. The lowest BCUT2D eigenvalue weighted by atomic mass is 10.0. The Morgan fingerprint density at radius 2 is 1.89 bits per heavy atom. The molecule has 2 unspecified atom stereocenters. The third-order valence-corrected chi connectivity index (χ3v) is 4.36. The van der Waals surface area contributed by atoms with Gasteiger partial charge in [-0.1, -0.05) is 0 Å². The van der Waals surface area contributed by atoms with Gasteiger partial charge >= 0.3 is 0 Å². The molecule has 0 aromatic heterocycles. The fourth-order valence-electron chi connectivity index (χ4n) is 3.41. The molecule has 0 spiro atoms. The zero-order chi connectivity index (χ0) is 13.1. The summed E-state index contributed by atoms with van der Waals surface area (Å²) in [7, 11) is 1.66. The van der Waals surface area contributed by atoms with Gasteiger partial charge in [-0.05, 0) is 51.4 Å². The van der Waals surface area contributed by atoms with Gasteiger partial charge in [0.15, 0.2) is 0 Å². The van der Waals surface area contributed by atoms with Crippen LogP contribution in [0, 0.1) is 5.92 Å². The molecule has 2 N–H and O–H groups in total. The predicted octanol–water partition coefficient (Wildman–Crippen LogP) is 1.48. The maximum Gasteiger partial charge on any atom is 0.0837 e. The number of aliphatic hydroxyl groups excluding tert-OH is 2. The first kappa shape index (κ1) is 14.3. The van der Waals surface area contributed by atoms with Crippen LogP contribution in [0.1, 0.15) is 45.4 Å². The molecule has 2 rings (SSSR count). The third kappa shape index (κ3) is 3.44. The molecular formula is C14H26O4. The summed E-state index contributed by atoms with van der Waals surface area (Å²) in [6.07, 6.45) is 5.10. The van der Waals surface area contributed by atoms with Crippen molar-refractivity contribution in [1.82, 2.24) is 0 Å². The molecule has 4 heteroatoms. The van der Waals surface area contributed by atoms with E-state index >= 15 is 0 Å². The van der Waals surface area contributed by atoms with E-state index in [0.29, 0.717) is 5.92 Å². The number of ether oxygens (including phenoxy) is 2. The molecular weight excluding hydrogens is 232 g/mol. The molecule has 2 saturated carbocycles. The molecule has 0 aromatic rings. The van der Waals surface area contributed by atoms with Crippen molar-refractivity contribution >= 4 is 0 Å². The van der Waals surface area contributed by atoms with Gasteiger partial charge in [-0.15, -0.1) is 0 Å². The first-order valence-corrected chi connectivity index (χ1v) is 7.14. The Balaban J connectivity index is 1.73. The first-order valence-electron chi connectivity index (χ1n) is 7.14. The van der Waals surface area contributed by atoms with E-state index in [1.807, 2.05) is 0 Å². The highest BCUT2D eigenvalue weighted by Crippen LogP contribution is 2.33. The van der Waals surface area contributed by atoms with Crippen LogP contribution >= 0.6 is 0 Å². The summed E-state index contributed by atoms with van der Waals surface area (Å²) in [4.78, 5) is 0. The van der Waals surface area contributed by atoms with E-state index in [2.05, 4.69) is 6.92 Å². The van der Waals surface area contributed by atoms with Crippen LogP contribution in [0.5, 0.6) is 0 Å². The molecule has 0 heterocycles. The van der Waals surface area contributed by atoms with Gasteiger partial charge in [-0.3, -0.25) is 0 Å². The molecule has 0 bridgehead atoms. The van der Waals surface area contributed by atoms with Gasteiger partial charge in [0.2, 0.25) is 0 Å². The Kier molecular flexibility index (Phi) is 5.01. The normalized spacial score (nSPS) is 42.3. The smallest absolute Gasteiger partial charge is 0.0837 e. The fourth-order valence-corrected chi connectivity index (χ4v) is 3.41. The number of hydrogen-bond acceptors (Lipinski definition) is 4. The molecule has 0 amide bonds. The monoisotopic (exact) mass is 258 g/mol. The molecule has 0 aromatic carbocycles. The lowest BCUT2D eigenvalue weighted by Gasteiger charge is -2.23. The van der Waals surface area contributed by atoms with Crippen molar-refractivity contribution in [3.63, 3.8) is 0 Å². The SMILES string of the molecule is CO[C@H]1CC(CC(C)O[C@@H]2CCC[C@H]2O)C[C@H]1O. The second kappa shape index (κ2) is 6.33. The van der Waals surface area contributed by atoms with Gasteiger partial charge in [0.1, 0.15) is 0 Å². The first-order chi connectivity index (χ1) is 8.60. The third-order valence-electron chi connectivity index (χ3n) is 4.36. The van der Waals surface area contributed by atoms with E-state index in [9.17, 15) is 10.2 Å². The van der Waals surface area contributed by atoms with Gasteiger partial charge in [-0.2, -0.15) is 0 Å². The average molecular weight is 258 g/mol. The van der Waals surface area contributed by atoms with Crippen molar-refractivity contribution in [2.75, 3.05) is 7.11 Å². The molecule has 0 radical (unpaired) electrons. The van der Waals surface area contributed by atoms with E-state index in [0.717, 1.165) is 38.5 Å². The van der Waals surface area contributed by atoms with Crippen molar-refractivity contribution in [1.29, 1.82) is 0 Å². The van der Waals surface area contributed by atoms with E-state index in [4.69, 9.17) is 9.47 Å². The highest BCUT2D eigenvalue weighted by atomic mass is 16.5. The molecule has 106 valence electrons. The van der Waals surface area contributed by atoms with Crippen molar-refractivity contribution in [2.24, 2.45) is 5.92 Å². The van der Waals surface area contributed by atoms with Crippen LogP contribution in [0.4, 0.5) is 0 Å². The second-order valence-electron chi connectivity index (χ2n) is 5.90. The Morgan fingerprint density at radius 1 is 1.11 bits per heavy atom. The molecule has 0 aliphatic heterocycles. The van der Waals surface area contributed by atoms with Crippen LogP contribution in [0.3, 0.4) is 0 Å². The minimum Gasteiger partial charge on any atom is -0.390 e. The van der Waals surface area contributed by atoms with Crippen molar-refractivity contribution in [3.8, 4) is 0 Å². The Morgan fingerprint density at radius 3 is 2.44 bits per heavy atom. The van der Waals surface area contributed by atoms with Crippen LogP contribution < -0.4 is 0 Å². The number of rotatable bonds is 5. The molecule has 2 fully saturated rings. The van der Waals surface area contributed by atoms with Crippen LogP contribution in [-0.2, 0) is 9.47 Å². The number of hydrogen-bond donors (Lipinski definition) is 2. The quantitative estimate of drug-likeness (QED) is 0.784. The summed E-state index contributed by atoms with van der Waals surface area (Å²) in [5, 5.41) is 19.5. The Bertz CT molecular complexity index is 258. The Hall–Kier alpha value is -0.160. The summed E-state index contributed by atoms with van der Waals surface area (Å²) >= 11 is 0. The predicted molar refractivity (Wildman–Crippen MR) is 68.3 cm³/mol. The van der Waals surface area contributed by atoms with Gasteiger partial charge in [0.05, 0.1) is 30.5 Å². The number of aliphatic hydroxyl groups is 2. The van der Waals surface area contributed by atoms with Crippen LogP contribution in [-0.4, -0.2) is 47.8 Å². The van der Waals surface area contributed by atoms with Crippen molar-refractivity contribution in [3.05, 3.63) is 0 Å². The van der Waals surface area contributed by atoms with E-state index in [1.54, 1.807) is 7.11 Å². The van der Waals surface area contributed by atoms with Crippen LogP contribution in [0.2, 0.25) is 0 Å². The second-order valence-corrected chi connectivity index (χ2v) is 5.90. The van der Waals surface area contributed by atoms with E-state index < -0.39 is 0 Å². The summed E-state index contributed by atoms with van der Waals surface area (Å²) < 4.78 is 11.2. The molecule has 4 nitrogen and oxygen atoms in total. The average Bonchev–Trinajstić information content (AvgIpc) is 2.86. The van der Waals surface area contributed by atoms with Gasteiger partial charge < -0.3 is 19.7 Å². The minimum atomic E-state index is -0.329. The van der Waals surface area contributed by atoms with E-state index in [-0.39, 0.29) is 30.5 Å². The largest absolute Gasteiger partial charge is 0.390 e. The summed E-state index contributed by atoms with van der Waals surface area (Å²) in [6, 6.07) is 0. The topological polar surface area (TPSA) is 58.9 Å². The lowest BCUT2D eigenvalue weighted by molar-refractivity contribution is -0.0623. The maximum atomic E-state index is 9.79. The summed E-state index contributed by atoms with van der Waals surface area (Å²) in [6.45, 7) is 2.07. The molecule has 2 aliphatic rings. The lowest BCUT2D eigenvalue weighted by Crippen LogP contribution is -2.28. The molecule has 6 atom stereocenters. The molecule has 18 heavy (non-hydrogen) atoms. The maximum absolute atomic E-state index is 9.79. The highest BCUT2D eigenvalue weighted by molar-refractivity contribution is 4.85. The fraction of sp³-hybridized carbons (Fsp3) is 1.00. The van der Waals surface area contributed by atoms with Crippen molar-refractivity contribution in [2.45, 2.75) is 76.0 Å². The summed E-state index contributed by atoms with van der Waals surface area (Å²) in [5.74, 6) is 0.471. The van der Waals surface area contributed by atoms with Crippen molar-refractivity contribution < 1.29 is 19.7 Å². The minimum absolute atomic E-state index is 0.0146. The zero-order valence-corrected chi connectivity index (χ0v) is 11.4. The van der Waals surface area contributed by atoms with Crippen LogP contribution in [0.25, 0.3) is 0 Å². The standard InChI is InChI=1S/C14H26O4/c1-9(18-13-5-3-4-11(13)15)6-10-7-12(16)14(8-10)17-2/h9-16H,3-8H2,1-2H3/t9?,10?,11-,12-,13-,14+/m1/s1. The zero-order valence-electron chi connectivity index (χ0n) is 11.4. The highest BCUT2D eigenvalue weighted by Gasteiger charge is 2.35. The summed E-state index contributed by atoms with van der Waals surface area (Å²) in [5.41, 5.74) is 0. The van der Waals surface area contributed by atoms with Gasteiger partial charge in [-0.25, -0.2) is 0 Å². The van der Waals surface area contributed by atoms with Gasteiger partial charge in [0, 0.05) is 7.11 Å². The molecule has 0 saturated heterocycles. The van der Waals surface area contributed by atoms with Crippen LogP contribution in [0.15, 0.2) is 0 Å².